The van der Waals surface area contributed by atoms with Crippen molar-refractivity contribution in [1.29, 1.82) is 0 Å². The first kappa shape index (κ1) is 13.7. The Kier molecular flexibility index (Phi) is 4.62. The number of unbranched alkanes of at least 4 members (excludes halogenated alkanes) is 1. The molecule has 0 saturated heterocycles. The molecule has 0 unspecified atom stereocenters. The highest BCUT2D eigenvalue weighted by Crippen LogP contribution is 2.13. The predicted molar refractivity (Wildman–Crippen MR) is 71.2 cm³/mol. The van der Waals surface area contributed by atoms with E-state index in [9.17, 15) is 4.79 Å². The van der Waals surface area contributed by atoms with Crippen molar-refractivity contribution in [3.63, 3.8) is 0 Å². The third kappa shape index (κ3) is 3.60. The molecule has 19 heavy (non-hydrogen) atoms. The number of carbonyl (C=O) groups excluding carboxylic acids is 1. The van der Waals surface area contributed by atoms with Crippen molar-refractivity contribution in [1.82, 2.24) is 19.7 Å². The minimum Gasteiger partial charge on any atom is -0.463 e. The Morgan fingerprint density at radius 2 is 2.37 bits per heavy atom. The van der Waals surface area contributed by atoms with Gasteiger partial charge in [0.15, 0.2) is 0 Å². The van der Waals surface area contributed by atoms with Gasteiger partial charge in [-0.05, 0) is 12.8 Å². The van der Waals surface area contributed by atoms with Gasteiger partial charge in [0.2, 0.25) is 0 Å². The summed E-state index contributed by atoms with van der Waals surface area (Å²) in [6.45, 7) is 2.69. The highest BCUT2D eigenvalue weighted by Gasteiger charge is 2.11. The molecule has 0 aliphatic carbocycles. The zero-order chi connectivity index (χ0) is 13.7. The number of ether oxygens (including phenoxy) is 1. The Morgan fingerprint density at radius 3 is 3.11 bits per heavy atom. The fourth-order valence-corrected chi connectivity index (χ4v) is 2.42. The SMILES string of the molecule is CCCCc1nc(Cn2cnc(C(=O)OC)n2)cs1. The predicted octanol–water partition coefficient (Wildman–Crippen LogP) is 1.91. The molecule has 7 heteroatoms. The van der Waals surface area contributed by atoms with Crippen molar-refractivity contribution in [2.24, 2.45) is 0 Å². The van der Waals surface area contributed by atoms with Crippen molar-refractivity contribution < 1.29 is 9.53 Å². The van der Waals surface area contributed by atoms with Crippen LogP contribution in [-0.2, 0) is 17.7 Å². The highest BCUT2D eigenvalue weighted by atomic mass is 32.1. The van der Waals surface area contributed by atoms with E-state index >= 15 is 0 Å². The van der Waals surface area contributed by atoms with Gasteiger partial charge >= 0.3 is 5.97 Å². The van der Waals surface area contributed by atoms with Crippen LogP contribution in [0.3, 0.4) is 0 Å². The monoisotopic (exact) mass is 280 g/mol. The first-order valence-corrected chi connectivity index (χ1v) is 7.02. The van der Waals surface area contributed by atoms with Crippen LogP contribution in [0.15, 0.2) is 11.7 Å². The summed E-state index contributed by atoms with van der Waals surface area (Å²) in [5.74, 6) is -0.454. The van der Waals surface area contributed by atoms with E-state index in [1.165, 1.54) is 19.9 Å². The topological polar surface area (TPSA) is 69.9 Å². The second-order valence-electron chi connectivity index (χ2n) is 4.09. The summed E-state index contributed by atoms with van der Waals surface area (Å²) in [6.07, 6.45) is 4.85. The van der Waals surface area contributed by atoms with E-state index in [2.05, 4.69) is 26.7 Å². The average Bonchev–Trinajstić information content (AvgIpc) is 3.05. The van der Waals surface area contributed by atoms with Gasteiger partial charge in [-0.2, -0.15) is 0 Å². The molecule has 0 spiro atoms. The van der Waals surface area contributed by atoms with E-state index in [1.54, 1.807) is 16.0 Å². The summed E-state index contributed by atoms with van der Waals surface area (Å²) in [5.41, 5.74) is 0.942. The van der Waals surface area contributed by atoms with E-state index in [4.69, 9.17) is 0 Å². The van der Waals surface area contributed by atoms with Crippen LogP contribution >= 0.6 is 11.3 Å². The molecule has 0 radical (unpaired) electrons. The zero-order valence-corrected chi connectivity index (χ0v) is 11.8. The van der Waals surface area contributed by atoms with Crippen LogP contribution in [0.1, 0.15) is 41.1 Å². The van der Waals surface area contributed by atoms with E-state index in [1.807, 2.05) is 5.38 Å². The summed E-state index contributed by atoms with van der Waals surface area (Å²) in [7, 11) is 1.31. The molecule has 6 nitrogen and oxygen atoms in total. The zero-order valence-electron chi connectivity index (χ0n) is 11.0. The van der Waals surface area contributed by atoms with Crippen LogP contribution in [0.2, 0.25) is 0 Å². The highest BCUT2D eigenvalue weighted by molar-refractivity contribution is 7.09. The van der Waals surface area contributed by atoms with Gasteiger partial charge in [-0.15, -0.1) is 16.4 Å². The second kappa shape index (κ2) is 6.42. The standard InChI is InChI=1S/C12H16N4O2S/c1-3-4-5-10-14-9(7-19-10)6-16-8-13-11(15-16)12(17)18-2/h7-8H,3-6H2,1-2H3. The van der Waals surface area contributed by atoms with Gasteiger partial charge in [0.25, 0.3) is 5.82 Å². The van der Waals surface area contributed by atoms with E-state index in [0.717, 1.165) is 23.5 Å². The van der Waals surface area contributed by atoms with Crippen LogP contribution < -0.4 is 0 Å². The number of aryl methyl sites for hydroxylation is 1. The Morgan fingerprint density at radius 1 is 1.53 bits per heavy atom. The lowest BCUT2D eigenvalue weighted by Crippen LogP contribution is -2.06. The Hall–Kier alpha value is -1.76. The van der Waals surface area contributed by atoms with Crippen LogP contribution in [0.25, 0.3) is 0 Å². The lowest BCUT2D eigenvalue weighted by Gasteiger charge is -1.96. The largest absolute Gasteiger partial charge is 0.463 e. The van der Waals surface area contributed by atoms with Crippen molar-refractivity contribution in [2.45, 2.75) is 32.7 Å². The van der Waals surface area contributed by atoms with Crippen molar-refractivity contribution in [3.05, 3.63) is 28.2 Å². The first-order valence-electron chi connectivity index (χ1n) is 6.14. The van der Waals surface area contributed by atoms with Crippen LogP contribution in [-0.4, -0.2) is 32.8 Å². The lowest BCUT2D eigenvalue weighted by atomic mass is 10.3. The van der Waals surface area contributed by atoms with Crippen molar-refractivity contribution in [3.8, 4) is 0 Å². The van der Waals surface area contributed by atoms with Gasteiger partial charge in [-0.3, -0.25) is 0 Å². The van der Waals surface area contributed by atoms with Gasteiger partial charge in [0, 0.05) is 5.38 Å². The molecule has 0 atom stereocenters. The smallest absolute Gasteiger partial charge is 0.377 e. The lowest BCUT2D eigenvalue weighted by molar-refractivity contribution is 0.0586. The Bertz CT molecular complexity index is 549. The minimum absolute atomic E-state index is 0.0731. The molecule has 102 valence electrons. The number of esters is 1. The maximum absolute atomic E-state index is 11.2. The summed E-state index contributed by atoms with van der Waals surface area (Å²) >= 11 is 1.66. The molecule has 2 aromatic heterocycles. The van der Waals surface area contributed by atoms with Gasteiger partial charge in [0.05, 0.1) is 24.4 Å². The second-order valence-corrected chi connectivity index (χ2v) is 5.04. The maximum atomic E-state index is 11.2. The summed E-state index contributed by atoms with van der Waals surface area (Å²) in [4.78, 5) is 19.7. The van der Waals surface area contributed by atoms with Crippen molar-refractivity contribution >= 4 is 17.3 Å². The van der Waals surface area contributed by atoms with Gasteiger partial charge in [0.1, 0.15) is 6.33 Å². The number of methoxy groups -OCH3 is 1. The number of hydrogen-bond acceptors (Lipinski definition) is 6. The van der Waals surface area contributed by atoms with E-state index in [0.29, 0.717) is 6.54 Å². The molecular weight excluding hydrogens is 264 g/mol. The Balaban J connectivity index is 1.98. The van der Waals surface area contributed by atoms with E-state index in [-0.39, 0.29) is 5.82 Å². The van der Waals surface area contributed by atoms with Gasteiger partial charge in [-0.25, -0.2) is 19.4 Å². The molecular formula is C12H16N4O2S. The quantitative estimate of drug-likeness (QED) is 0.756. The third-order valence-corrected chi connectivity index (χ3v) is 3.53. The molecule has 0 aliphatic rings. The summed E-state index contributed by atoms with van der Waals surface area (Å²) in [5, 5.41) is 7.21. The summed E-state index contributed by atoms with van der Waals surface area (Å²) in [6, 6.07) is 0. The number of hydrogen-bond donors (Lipinski definition) is 0. The molecule has 0 saturated carbocycles. The van der Waals surface area contributed by atoms with Crippen LogP contribution in [0.4, 0.5) is 0 Å². The molecule has 0 amide bonds. The normalized spacial score (nSPS) is 10.6. The van der Waals surface area contributed by atoms with Crippen LogP contribution in [0, 0.1) is 0 Å². The molecule has 2 rings (SSSR count). The molecule has 0 fully saturated rings. The van der Waals surface area contributed by atoms with Gasteiger partial charge in [-0.1, -0.05) is 13.3 Å². The molecule has 2 heterocycles. The van der Waals surface area contributed by atoms with Gasteiger partial charge < -0.3 is 4.74 Å². The number of carbonyl (C=O) groups is 1. The minimum atomic E-state index is -0.527. The fraction of sp³-hybridized carbons (Fsp3) is 0.500. The van der Waals surface area contributed by atoms with E-state index < -0.39 is 5.97 Å². The molecule has 0 bridgehead atoms. The molecule has 0 N–H and O–H groups in total. The number of rotatable bonds is 6. The Labute approximate surface area is 115 Å². The fourth-order valence-electron chi connectivity index (χ4n) is 1.59. The number of aromatic nitrogens is 4. The molecule has 0 aliphatic heterocycles. The molecule has 2 aromatic rings. The third-order valence-electron chi connectivity index (χ3n) is 2.57. The summed E-state index contributed by atoms with van der Waals surface area (Å²) < 4.78 is 6.15. The first-order chi connectivity index (χ1) is 9.22. The van der Waals surface area contributed by atoms with Crippen molar-refractivity contribution in [2.75, 3.05) is 7.11 Å². The average molecular weight is 280 g/mol. The molecule has 0 aromatic carbocycles. The number of thiazole rings is 1. The maximum Gasteiger partial charge on any atom is 0.377 e. The van der Waals surface area contributed by atoms with Crippen LogP contribution in [0.5, 0.6) is 0 Å². The number of nitrogens with zero attached hydrogens (tertiary/aromatic N) is 4.